The van der Waals surface area contributed by atoms with Crippen LogP contribution in [0.4, 0.5) is 5.00 Å². The van der Waals surface area contributed by atoms with Crippen molar-refractivity contribution in [3.05, 3.63) is 43.6 Å². The Kier molecular flexibility index (Phi) is 5.75. The van der Waals surface area contributed by atoms with Gasteiger partial charge in [0.1, 0.15) is 16.6 Å². The van der Waals surface area contributed by atoms with E-state index in [2.05, 4.69) is 10.4 Å². The Bertz CT molecular complexity index is 803. The molecule has 2 rings (SSSR count). The summed E-state index contributed by atoms with van der Waals surface area (Å²) < 4.78 is 5.77. The Morgan fingerprint density at radius 1 is 1.43 bits per heavy atom. The van der Waals surface area contributed by atoms with Crippen LogP contribution in [0.25, 0.3) is 0 Å². The van der Waals surface area contributed by atoms with Gasteiger partial charge in [0.2, 0.25) is 5.91 Å². The number of thiophene rings is 1. The number of carbonyl (C=O) groups excluding carboxylic acids is 2. The zero-order valence-corrected chi connectivity index (χ0v) is 14.2. The summed E-state index contributed by atoms with van der Waals surface area (Å²) in [7, 11) is 0. The molecule has 0 radical (unpaired) electrons. The van der Waals surface area contributed by atoms with Crippen molar-refractivity contribution in [2.45, 2.75) is 13.5 Å². The fourth-order valence-corrected chi connectivity index (χ4v) is 2.70. The van der Waals surface area contributed by atoms with Gasteiger partial charge in [-0.05, 0) is 18.4 Å². The smallest absolute Gasteiger partial charge is 0.341 e. The van der Waals surface area contributed by atoms with Gasteiger partial charge in [0.15, 0.2) is 0 Å². The number of anilines is 1. The lowest BCUT2D eigenvalue weighted by Gasteiger charge is -2.07. The molecule has 2 aromatic rings. The van der Waals surface area contributed by atoms with Crippen LogP contribution in [0.3, 0.4) is 0 Å². The first kappa shape index (κ1) is 17.5. The SMILES string of the molecule is CCOC(=O)c1ccsc1NC(=O)Cn1ncc(Cl)c(Cl)c1=O. The van der Waals surface area contributed by atoms with Gasteiger partial charge < -0.3 is 10.1 Å². The van der Waals surface area contributed by atoms with Crippen LogP contribution in [-0.2, 0) is 16.1 Å². The lowest BCUT2D eigenvalue weighted by molar-refractivity contribution is -0.117. The fourth-order valence-electron chi connectivity index (χ4n) is 1.64. The summed E-state index contributed by atoms with van der Waals surface area (Å²) in [6.07, 6.45) is 1.17. The first-order valence-corrected chi connectivity index (χ1v) is 8.03. The third-order valence-electron chi connectivity index (χ3n) is 2.65. The van der Waals surface area contributed by atoms with Crippen molar-refractivity contribution in [1.82, 2.24) is 9.78 Å². The molecule has 10 heteroatoms. The van der Waals surface area contributed by atoms with Crippen LogP contribution in [-0.4, -0.2) is 28.3 Å². The van der Waals surface area contributed by atoms with E-state index in [4.69, 9.17) is 27.9 Å². The molecule has 0 fully saturated rings. The monoisotopic (exact) mass is 375 g/mol. The van der Waals surface area contributed by atoms with Crippen molar-refractivity contribution in [1.29, 1.82) is 0 Å². The van der Waals surface area contributed by atoms with Crippen LogP contribution in [0, 0.1) is 0 Å². The predicted molar refractivity (Wildman–Crippen MR) is 87.4 cm³/mol. The molecule has 0 saturated heterocycles. The summed E-state index contributed by atoms with van der Waals surface area (Å²) in [4.78, 5) is 35.6. The van der Waals surface area contributed by atoms with Crippen LogP contribution in [0.15, 0.2) is 22.4 Å². The number of ether oxygens (including phenoxy) is 1. The van der Waals surface area contributed by atoms with E-state index in [0.29, 0.717) is 5.00 Å². The van der Waals surface area contributed by atoms with Gasteiger partial charge in [-0.15, -0.1) is 11.3 Å². The molecule has 2 aromatic heterocycles. The highest BCUT2D eigenvalue weighted by Crippen LogP contribution is 2.24. The lowest BCUT2D eigenvalue weighted by atomic mass is 10.3. The van der Waals surface area contributed by atoms with E-state index in [1.54, 1.807) is 18.4 Å². The standard InChI is InChI=1S/C13H11Cl2N3O4S/c1-2-22-13(21)7-3-4-23-11(7)17-9(19)6-18-12(20)10(15)8(14)5-16-18/h3-5H,2,6H2,1H3,(H,17,19). The quantitative estimate of drug-likeness (QED) is 0.810. The van der Waals surface area contributed by atoms with Crippen LogP contribution in [0.5, 0.6) is 0 Å². The second-order valence-electron chi connectivity index (χ2n) is 4.20. The third-order valence-corrected chi connectivity index (χ3v) is 4.23. The zero-order chi connectivity index (χ0) is 17.0. The Morgan fingerprint density at radius 3 is 2.87 bits per heavy atom. The van der Waals surface area contributed by atoms with E-state index in [-0.39, 0.29) is 28.8 Å². The molecule has 0 aromatic carbocycles. The summed E-state index contributed by atoms with van der Waals surface area (Å²) in [5, 5.41) is 8.06. The molecule has 0 atom stereocenters. The normalized spacial score (nSPS) is 10.4. The van der Waals surface area contributed by atoms with Crippen molar-refractivity contribution in [3.63, 3.8) is 0 Å². The molecule has 0 unspecified atom stereocenters. The number of hydrogen-bond donors (Lipinski definition) is 1. The maximum atomic E-state index is 12.0. The topological polar surface area (TPSA) is 90.3 Å². The number of nitrogens with one attached hydrogen (secondary N) is 1. The highest BCUT2D eigenvalue weighted by Gasteiger charge is 2.17. The summed E-state index contributed by atoms with van der Waals surface area (Å²) in [6, 6.07) is 1.54. The van der Waals surface area contributed by atoms with Gasteiger partial charge in [-0.25, -0.2) is 9.48 Å². The molecule has 0 aliphatic rings. The Hall–Kier alpha value is -1.90. The van der Waals surface area contributed by atoms with Crippen molar-refractivity contribution in [2.24, 2.45) is 0 Å². The van der Waals surface area contributed by atoms with E-state index in [9.17, 15) is 14.4 Å². The van der Waals surface area contributed by atoms with E-state index >= 15 is 0 Å². The molecule has 122 valence electrons. The predicted octanol–water partition coefficient (Wildman–Crippen LogP) is 2.43. The van der Waals surface area contributed by atoms with Gasteiger partial charge >= 0.3 is 5.97 Å². The molecule has 1 amide bonds. The first-order chi connectivity index (χ1) is 10.9. The maximum absolute atomic E-state index is 12.0. The minimum Gasteiger partial charge on any atom is -0.462 e. The maximum Gasteiger partial charge on any atom is 0.341 e. The van der Waals surface area contributed by atoms with E-state index in [1.807, 2.05) is 0 Å². The summed E-state index contributed by atoms with van der Waals surface area (Å²) in [5.74, 6) is -1.07. The zero-order valence-electron chi connectivity index (χ0n) is 11.8. The molecular formula is C13H11Cl2N3O4S. The van der Waals surface area contributed by atoms with Gasteiger partial charge in [-0.2, -0.15) is 5.10 Å². The number of hydrogen-bond acceptors (Lipinski definition) is 6. The van der Waals surface area contributed by atoms with Crippen molar-refractivity contribution < 1.29 is 14.3 Å². The third kappa shape index (κ3) is 4.10. The number of rotatable bonds is 5. The minimum absolute atomic E-state index is 0.0104. The summed E-state index contributed by atoms with van der Waals surface area (Å²) >= 11 is 12.5. The number of amides is 1. The number of halogens is 2. The number of aromatic nitrogens is 2. The fraction of sp³-hybridized carbons (Fsp3) is 0.231. The molecule has 23 heavy (non-hydrogen) atoms. The van der Waals surface area contributed by atoms with Gasteiger partial charge in [0, 0.05) is 0 Å². The average Bonchev–Trinajstić information content (AvgIpc) is 2.96. The first-order valence-electron chi connectivity index (χ1n) is 6.39. The largest absolute Gasteiger partial charge is 0.462 e. The molecule has 0 spiro atoms. The van der Waals surface area contributed by atoms with Crippen LogP contribution in [0.1, 0.15) is 17.3 Å². The molecule has 1 N–H and O–H groups in total. The second-order valence-corrected chi connectivity index (χ2v) is 5.90. The van der Waals surface area contributed by atoms with E-state index in [1.165, 1.54) is 6.20 Å². The second kappa shape index (κ2) is 7.58. The van der Waals surface area contributed by atoms with E-state index < -0.39 is 17.4 Å². The average molecular weight is 376 g/mol. The Morgan fingerprint density at radius 2 is 2.17 bits per heavy atom. The van der Waals surface area contributed by atoms with Gasteiger partial charge in [-0.1, -0.05) is 23.2 Å². The number of carbonyl (C=O) groups is 2. The highest BCUT2D eigenvalue weighted by atomic mass is 35.5. The van der Waals surface area contributed by atoms with Crippen molar-refractivity contribution in [3.8, 4) is 0 Å². The number of nitrogens with zero attached hydrogens (tertiary/aromatic N) is 2. The molecule has 0 aliphatic carbocycles. The van der Waals surface area contributed by atoms with Gasteiger partial charge in [-0.3, -0.25) is 9.59 Å². The molecule has 0 saturated carbocycles. The van der Waals surface area contributed by atoms with Crippen LogP contribution < -0.4 is 10.9 Å². The summed E-state index contributed by atoms with van der Waals surface area (Å²) in [5.41, 5.74) is -0.425. The summed E-state index contributed by atoms with van der Waals surface area (Å²) in [6.45, 7) is 1.55. The Balaban J connectivity index is 2.12. The molecular weight excluding hydrogens is 365 g/mol. The van der Waals surface area contributed by atoms with Crippen LogP contribution >= 0.6 is 34.5 Å². The molecule has 0 aliphatic heterocycles. The lowest BCUT2D eigenvalue weighted by Crippen LogP contribution is -2.30. The van der Waals surface area contributed by atoms with Crippen molar-refractivity contribution >= 4 is 51.4 Å². The molecule has 7 nitrogen and oxygen atoms in total. The highest BCUT2D eigenvalue weighted by molar-refractivity contribution is 7.14. The number of esters is 1. The Labute approximate surface area is 144 Å². The van der Waals surface area contributed by atoms with Crippen molar-refractivity contribution in [2.75, 3.05) is 11.9 Å². The van der Waals surface area contributed by atoms with Crippen LogP contribution in [0.2, 0.25) is 10.0 Å². The molecule has 2 heterocycles. The van der Waals surface area contributed by atoms with Gasteiger partial charge in [0.05, 0.1) is 23.4 Å². The van der Waals surface area contributed by atoms with E-state index in [0.717, 1.165) is 16.0 Å². The minimum atomic E-state index is -0.675. The van der Waals surface area contributed by atoms with Gasteiger partial charge in [0.25, 0.3) is 5.56 Å². The molecule has 0 bridgehead atoms.